The van der Waals surface area contributed by atoms with Gasteiger partial charge in [-0.15, -0.1) is 0 Å². The first-order chi connectivity index (χ1) is 21.3. The monoisotopic (exact) mass is 554 g/mol. The topological polar surface area (TPSA) is 25.8 Å². The highest BCUT2D eigenvalue weighted by Crippen LogP contribution is 2.34. The van der Waals surface area contributed by atoms with Crippen LogP contribution in [0.25, 0.3) is 65.2 Å². The molecule has 0 N–H and O–H groups in total. The van der Waals surface area contributed by atoms with E-state index in [0.29, 0.717) is 0 Å². The summed E-state index contributed by atoms with van der Waals surface area (Å²) < 4.78 is 0. The molecule has 208 valence electrons. The minimum Gasteiger partial charge on any atom is -0.247 e. The summed E-state index contributed by atoms with van der Waals surface area (Å²) in [6, 6.07) is 43.7. The molecule has 43 heavy (non-hydrogen) atoms. The van der Waals surface area contributed by atoms with E-state index in [1.807, 2.05) is 0 Å². The molecule has 8 aromatic rings. The fourth-order valence-corrected chi connectivity index (χ4v) is 7.09. The summed E-state index contributed by atoms with van der Waals surface area (Å²) in [6.07, 6.45) is 8.32. The van der Waals surface area contributed by atoms with Crippen molar-refractivity contribution < 1.29 is 0 Å². The third-order valence-corrected chi connectivity index (χ3v) is 9.23. The van der Waals surface area contributed by atoms with Gasteiger partial charge in [-0.05, 0) is 59.7 Å². The van der Waals surface area contributed by atoms with Crippen molar-refractivity contribution in [1.29, 1.82) is 0 Å². The van der Waals surface area contributed by atoms with Gasteiger partial charge in [0.05, 0.1) is 22.1 Å². The summed E-state index contributed by atoms with van der Waals surface area (Å²) in [5.74, 6) is 0. The van der Waals surface area contributed by atoms with Crippen molar-refractivity contribution in [2.24, 2.45) is 0 Å². The predicted molar refractivity (Wildman–Crippen MR) is 184 cm³/mol. The minimum atomic E-state index is 1.09. The molecule has 0 bridgehead atoms. The Bertz CT molecular complexity index is 2120. The number of hydrogen-bond acceptors (Lipinski definition) is 2. The molecule has 0 amide bonds. The second-order valence-corrected chi connectivity index (χ2v) is 11.8. The van der Waals surface area contributed by atoms with Crippen molar-refractivity contribution in [3.63, 3.8) is 0 Å². The first-order valence-corrected chi connectivity index (χ1v) is 15.7. The van der Waals surface area contributed by atoms with Gasteiger partial charge in [-0.2, -0.15) is 0 Å². The fourth-order valence-electron chi connectivity index (χ4n) is 7.09. The van der Waals surface area contributed by atoms with E-state index >= 15 is 0 Å². The summed E-state index contributed by atoms with van der Waals surface area (Å²) in [4.78, 5) is 10.2. The Hall–Kier alpha value is -4.82. The quantitative estimate of drug-likeness (QED) is 0.106. The molecular formula is C41H34N2. The van der Waals surface area contributed by atoms with Gasteiger partial charge in [0.25, 0.3) is 0 Å². The van der Waals surface area contributed by atoms with Crippen molar-refractivity contribution in [3.8, 4) is 0 Å². The number of aryl methyl sites for hydroxylation is 2. The van der Waals surface area contributed by atoms with Crippen molar-refractivity contribution in [2.75, 3.05) is 0 Å². The van der Waals surface area contributed by atoms with Gasteiger partial charge in [-0.1, -0.05) is 128 Å². The summed E-state index contributed by atoms with van der Waals surface area (Å²) in [5.41, 5.74) is 7.38. The van der Waals surface area contributed by atoms with Gasteiger partial charge in [0, 0.05) is 32.3 Å². The van der Waals surface area contributed by atoms with Crippen molar-refractivity contribution in [1.82, 2.24) is 9.97 Å². The van der Waals surface area contributed by atoms with Crippen LogP contribution in [-0.2, 0) is 12.8 Å². The van der Waals surface area contributed by atoms with E-state index in [-0.39, 0.29) is 0 Å². The number of hydrogen-bond donors (Lipinski definition) is 0. The molecule has 0 saturated heterocycles. The minimum absolute atomic E-state index is 1.09. The van der Waals surface area contributed by atoms with Crippen LogP contribution < -0.4 is 0 Å². The van der Waals surface area contributed by atoms with Gasteiger partial charge < -0.3 is 0 Å². The predicted octanol–water partition coefficient (Wildman–Crippen LogP) is 11.1. The van der Waals surface area contributed by atoms with E-state index in [4.69, 9.17) is 9.97 Å². The molecule has 0 unspecified atom stereocenters. The third kappa shape index (κ3) is 4.68. The molecule has 0 fully saturated rings. The molecule has 8 rings (SSSR count). The standard InChI is InChI=1S/C41H34N2/c1(2-4-18-32-34-20-10-12-22-38(34)42-40-30-16-8-6-14-28(30)24-26-36(32)40)3-5-19-33-35-21-11-13-23-39(35)43-41-31-17-9-7-15-29(31)25-27-37(33)41/h6-17,20-27H,1-5,18-19H2. The maximum atomic E-state index is 5.12. The molecule has 0 aliphatic carbocycles. The molecule has 2 nitrogen and oxygen atoms in total. The average molecular weight is 555 g/mol. The maximum Gasteiger partial charge on any atom is 0.0790 e. The van der Waals surface area contributed by atoms with Crippen LogP contribution in [0.5, 0.6) is 0 Å². The SMILES string of the molecule is c1ccc2c(c1)ccc1c(CCCCCCCc3c4ccccc4nc4c3ccc3ccccc34)c3ccccc3nc12. The van der Waals surface area contributed by atoms with Crippen LogP contribution in [0.3, 0.4) is 0 Å². The van der Waals surface area contributed by atoms with Gasteiger partial charge in [-0.3, -0.25) is 0 Å². The van der Waals surface area contributed by atoms with Gasteiger partial charge >= 0.3 is 0 Å². The molecule has 0 atom stereocenters. The number of aromatic nitrogens is 2. The zero-order valence-corrected chi connectivity index (χ0v) is 24.4. The summed E-state index contributed by atoms with van der Waals surface area (Å²) in [7, 11) is 0. The van der Waals surface area contributed by atoms with E-state index in [9.17, 15) is 0 Å². The zero-order chi connectivity index (χ0) is 28.6. The molecule has 0 saturated carbocycles. The molecule has 2 heteroatoms. The first-order valence-electron chi connectivity index (χ1n) is 15.7. The highest BCUT2D eigenvalue weighted by Gasteiger charge is 2.13. The van der Waals surface area contributed by atoms with Crippen molar-refractivity contribution >= 4 is 65.2 Å². The Morgan fingerprint density at radius 2 is 0.721 bits per heavy atom. The van der Waals surface area contributed by atoms with E-state index in [1.54, 1.807) is 0 Å². The van der Waals surface area contributed by atoms with Crippen molar-refractivity contribution in [2.45, 2.75) is 44.9 Å². The normalized spacial score (nSPS) is 11.9. The van der Waals surface area contributed by atoms with Crippen LogP contribution in [-0.4, -0.2) is 9.97 Å². The summed E-state index contributed by atoms with van der Waals surface area (Å²) in [5, 5.41) is 10.2. The molecule has 2 heterocycles. The Morgan fingerprint density at radius 3 is 1.21 bits per heavy atom. The fraction of sp³-hybridized carbons (Fsp3) is 0.171. The van der Waals surface area contributed by atoms with Crippen LogP contribution in [0.15, 0.2) is 121 Å². The molecular weight excluding hydrogens is 520 g/mol. The van der Waals surface area contributed by atoms with E-state index < -0.39 is 0 Å². The van der Waals surface area contributed by atoms with Gasteiger partial charge in [-0.25, -0.2) is 9.97 Å². The number of nitrogens with zero attached hydrogens (tertiary/aromatic N) is 2. The summed E-state index contributed by atoms with van der Waals surface area (Å²) >= 11 is 0. The molecule has 2 aromatic heterocycles. The number of fused-ring (bicyclic) bond motifs is 8. The number of unbranched alkanes of at least 4 members (excludes halogenated alkanes) is 4. The van der Waals surface area contributed by atoms with Crippen molar-refractivity contribution in [3.05, 3.63) is 132 Å². The number of rotatable bonds is 8. The van der Waals surface area contributed by atoms with Gasteiger partial charge in [0.2, 0.25) is 0 Å². The lowest BCUT2D eigenvalue weighted by atomic mass is 9.94. The Balaban J connectivity index is 0.991. The first kappa shape index (κ1) is 25.9. The Labute approximate surface area is 252 Å². The average Bonchev–Trinajstić information content (AvgIpc) is 3.06. The molecule has 6 aromatic carbocycles. The van der Waals surface area contributed by atoms with Crippen LogP contribution in [0.2, 0.25) is 0 Å². The van der Waals surface area contributed by atoms with Gasteiger partial charge in [0.1, 0.15) is 0 Å². The second-order valence-electron chi connectivity index (χ2n) is 11.8. The highest BCUT2D eigenvalue weighted by atomic mass is 14.7. The third-order valence-electron chi connectivity index (χ3n) is 9.23. The smallest absolute Gasteiger partial charge is 0.0790 e. The number of para-hydroxylation sites is 2. The Kier molecular flexibility index (Phi) is 6.68. The molecule has 0 aliphatic heterocycles. The van der Waals surface area contributed by atoms with E-state index in [1.165, 1.54) is 86.3 Å². The van der Waals surface area contributed by atoms with Crippen LogP contribution in [0.4, 0.5) is 0 Å². The molecule has 0 spiro atoms. The van der Waals surface area contributed by atoms with Gasteiger partial charge in [0.15, 0.2) is 0 Å². The largest absolute Gasteiger partial charge is 0.247 e. The second kappa shape index (κ2) is 11.1. The maximum absolute atomic E-state index is 5.12. The molecule has 0 radical (unpaired) electrons. The lowest BCUT2D eigenvalue weighted by molar-refractivity contribution is 0.616. The molecule has 0 aliphatic rings. The van der Waals surface area contributed by atoms with Crippen LogP contribution >= 0.6 is 0 Å². The number of pyridine rings is 2. The van der Waals surface area contributed by atoms with Crippen LogP contribution in [0.1, 0.15) is 43.2 Å². The highest BCUT2D eigenvalue weighted by molar-refractivity contribution is 6.11. The number of benzene rings is 6. The zero-order valence-electron chi connectivity index (χ0n) is 24.4. The summed E-state index contributed by atoms with van der Waals surface area (Å²) in [6.45, 7) is 0. The lowest BCUT2D eigenvalue weighted by Gasteiger charge is -2.13. The lowest BCUT2D eigenvalue weighted by Crippen LogP contribution is -1.96. The van der Waals surface area contributed by atoms with E-state index in [2.05, 4.69) is 121 Å². The van der Waals surface area contributed by atoms with E-state index in [0.717, 1.165) is 34.9 Å². The Morgan fingerprint density at radius 1 is 0.326 bits per heavy atom. The van der Waals surface area contributed by atoms with Crippen LogP contribution in [0, 0.1) is 0 Å².